The Morgan fingerprint density at radius 2 is 2.32 bits per heavy atom. The van der Waals surface area contributed by atoms with Crippen LogP contribution in [0.5, 0.6) is 5.75 Å². The first-order chi connectivity index (χ1) is 9.07. The third-order valence-electron chi connectivity index (χ3n) is 3.58. The van der Waals surface area contributed by atoms with E-state index in [0.29, 0.717) is 6.42 Å². The van der Waals surface area contributed by atoms with Crippen LogP contribution in [-0.2, 0) is 5.41 Å². The van der Waals surface area contributed by atoms with E-state index in [1.807, 2.05) is 32.2 Å². The largest absolute Gasteiger partial charge is 0.496 e. The van der Waals surface area contributed by atoms with Crippen molar-refractivity contribution in [2.75, 3.05) is 7.11 Å². The number of hydrogen-bond donors (Lipinski definition) is 1. The van der Waals surface area contributed by atoms with Crippen molar-refractivity contribution in [2.24, 2.45) is 0 Å². The van der Waals surface area contributed by atoms with Crippen molar-refractivity contribution < 1.29 is 4.74 Å². The average Bonchev–Trinajstić information content (AvgIpc) is 2.88. The summed E-state index contributed by atoms with van der Waals surface area (Å²) in [6.45, 7) is 7.72. The number of nitrogens with zero attached hydrogens (tertiary/aromatic N) is 1. The molecule has 1 heterocycles. The van der Waals surface area contributed by atoms with E-state index < -0.39 is 5.41 Å². The Bertz CT molecular complexity index is 663. The van der Waals surface area contributed by atoms with Gasteiger partial charge in [0, 0.05) is 22.7 Å². The second kappa shape index (κ2) is 4.81. The van der Waals surface area contributed by atoms with E-state index in [-0.39, 0.29) is 0 Å². The molecule has 0 amide bonds. The number of benzene rings is 1. The molecule has 3 nitrogen and oxygen atoms in total. The Balaban J connectivity index is 2.84. The number of methoxy groups -OCH3 is 1. The summed E-state index contributed by atoms with van der Waals surface area (Å²) in [6.07, 6.45) is 4.26. The molecule has 2 aromatic rings. The van der Waals surface area contributed by atoms with Gasteiger partial charge in [-0.15, -0.1) is 6.58 Å². The molecule has 1 aromatic carbocycles. The van der Waals surface area contributed by atoms with Crippen molar-refractivity contribution in [3.05, 3.63) is 42.1 Å². The van der Waals surface area contributed by atoms with E-state index >= 15 is 0 Å². The van der Waals surface area contributed by atoms with Crippen LogP contribution in [-0.4, -0.2) is 12.1 Å². The highest BCUT2D eigenvalue weighted by Gasteiger charge is 2.31. The minimum atomic E-state index is -0.638. The number of nitriles is 1. The molecule has 19 heavy (non-hydrogen) atoms. The Hall–Kier alpha value is -2.21. The van der Waals surface area contributed by atoms with Gasteiger partial charge in [0.15, 0.2) is 0 Å². The molecular formula is C16H18N2O. The number of ether oxygens (including phenoxy) is 1. The molecule has 2 rings (SSSR count). The molecule has 0 saturated heterocycles. The number of fused-ring (bicyclic) bond motifs is 1. The number of H-pyrrole nitrogens is 1. The molecule has 0 aliphatic rings. The lowest BCUT2D eigenvalue weighted by molar-refractivity contribution is 0.401. The van der Waals surface area contributed by atoms with Gasteiger partial charge in [0.2, 0.25) is 0 Å². The number of aryl methyl sites for hydroxylation is 1. The van der Waals surface area contributed by atoms with Crippen molar-refractivity contribution in [1.82, 2.24) is 4.98 Å². The van der Waals surface area contributed by atoms with E-state index in [2.05, 4.69) is 17.6 Å². The number of aromatic amines is 1. The van der Waals surface area contributed by atoms with Gasteiger partial charge in [-0.1, -0.05) is 6.08 Å². The molecule has 0 fully saturated rings. The number of aromatic nitrogens is 1. The maximum Gasteiger partial charge on any atom is 0.124 e. The van der Waals surface area contributed by atoms with Crippen molar-refractivity contribution in [1.29, 1.82) is 5.26 Å². The molecule has 0 radical (unpaired) electrons. The Morgan fingerprint density at radius 1 is 1.58 bits per heavy atom. The second-order valence-electron chi connectivity index (χ2n) is 4.97. The highest BCUT2D eigenvalue weighted by atomic mass is 16.5. The molecule has 0 aliphatic heterocycles. The van der Waals surface area contributed by atoms with Crippen LogP contribution < -0.4 is 4.74 Å². The third kappa shape index (κ3) is 2.00. The van der Waals surface area contributed by atoms with Crippen molar-refractivity contribution in [3.8, 4) is 11.8 Å². The molecule has 1 atom stereocenters. The van der Waals surface area contributed by atoms with E-state index in [4.69, 9.17) is 4.74 Å². The molecule has 1 unspecified atom stereocenters. The fourth-order valence-electron chi connectivity index (χ4n) is 2.60. The van der Waals surface area contributed by atoms with Gasteiger partial charge < -0.3 is 9.72 Å². The SMILES string of the molecule is C=CCC(C)(C#N)c1c(OC)cc(C)c2[nH]ccc12. The fourth-order valence-corrected chi connectivity index (χ4v) is 2.60. The minimum absolute atomic E-state index is 0.587. The van der Waals surface area contributed by atoms with Crippen LogP contribution in [0.15, 0.2) is 31.0 Å². The zero-order valence-electron chi connectivity index (χ0n) is 11.6. The quantitative estimate of drug-likeness (QED) is 0.843. The topological polar surface area (TPSA) is 48.8 Å². The summed E-state index contributed by atoms with van der Waals surface area (Å²) in [6, 6.07) is 6.38. The van der Waals surface area contributed by atoms with Crippen LogP contribution in [0, 0.1) is 18.3 Å². The van der Waals surface area contributed by atoms with Crippen LogP contribution in [0.25, 0.3) is 10.9 Å². The Kier molecular flexibility index (Phi) is 3.35. The first kappa shape index (κ1) is 13.2. The van der Waals surface area contributed by atoms with E-state index in [0.717, 1.165) is 27.8 Å². The van der Waals surface area contributed by atoms with Crippen LogP contribution in [0.1, 0.15) is 24.5 Å². The van der Waals surface area contributed by atoms with Crippen LogP contribution >= 0.6 is 0 Å². The summed E-state index contributed by atoms with van der Waals surface area (Å²) in [5.74, 6) is 0.760. The van der Waals surface area contributed by atoms with Gasteiger partial charge in [-0.2, -0.15) is 5.26 Å². The summed E-state index contributed by atoms with van der Waals surface area (Å²) < 4.78 is 5.50. The van der Waals surface area contributed by atoms with Gasteiger partial charge in [-0.25, -0.2) is 0 Å². The Morgan fingerprint density at radius 3 is 2.89 bits per heavy atom. The molecule has 0 spiro atoms. The smallest absolute Gasteiger partial charge is 0.124 e. The average molecular weight is 254 g/mol. The van der Waals surface area contributed by atoms with E-state index in [1.54, 1.807) is 13.2 Å². The van der Waals surface area contributed by atoms with Crippen LogP contribution in [0.2, 0.25) is 0 Å². The zero-order valence-corrected chi connectivity index (χ0v) is 11.6. The lowest BCUT2D eigenvalue weighted by Crippen LogP contribution is -2.20. The zero-order chi connectivity index (χ0) is 14.0. The van der Waals surface area contributed by atoms with Gasteiger partial charge in [0.25, 0.3) is 0 Å². The third-order valence-corrected chi connectivity index (χ3v) is 3.58. The molecule has 0 aliphatic carbocycles. The van der Waals surface area contributed by atoms with Crippen molar-refractivity contribution in [2.45, 2.75) is 25.7 Å². The number of rotatable bonds is 4. The summed E-state index contributed by atoms with van der Waals surface area (Å²) >= 11 is 0. The lowest BCUT2D eigenvalue weighted by Gasteiger charge is -2.24. The Labute approximate surface area is 113 Å². The number of nitrogens with one attached hydrogen (secondary N) is 1. The summed E-state index contributed by atoms with van der Waals surface area (Å²) in [5.41, 5.74) is 2.46. The van der Waals surface area contributed by atoms with Gasteiger partial charge in [0.05, 0.1) is 18.6 Å². The molecule has 1 aromatic heterocycles. The molecule has 98 valence electrons. The van der Waals surface area contributed by atoms with Gasteiger partial charge in [-0.05, 0) is 38.0 Å². The normalized spacial score (nSPS) is 13.8. The maximum atomic E-state index is 9.59. The second-order valence-corrected chi connectivity index (χ2v) is 4.97. The highest BCUT2D eigenvalue weighted by Crippen LogP contribution is 2.40. The first-order valence-corrected chi connectivity index (χ1v) is 6.24. The van der Waals surface area contributed by atoms with Crippen LogP contribution in [0.3, 0.4) is 0 Å². The van der Waals surface area contributed by atoms with E-state index in [1.165, 1.54) is 0 Å². The monoisotopic (exact) mass is 254 g/mol. The van der Waals surface area contributed by atoms with E-state index in [9.17, 15) is 5.26 Å². The maximum absolute atomic E-state index is 9.59. The fraction of sp³-hybridized carbons (Fsp3) is 0.312. The summed E-state index contributed by atoms with van der Waals surface area (Å²) in [7, 11) is 1.64. The lowest BCUT2D eigenvalue weighted by atomic mass is 9.78. The molecule has 0 bridgehead atoms. The molecule has 0 saturated carbocycles. The number of allylic oxidation sites excluding steroid dienone is 1. The standard InChI is InChI=1S/C16H18N2O/c1-5-7-16(3,10-17)14-12-6-8-18-15(12)11(2)9-13(14)19-4/h5-6,8-9,18H,1,7H2,2-4H3. The molecule has 1 N–H and O–H groups in total. The minimum Gasteiger partial charge on any atom is -0.496 e. The summed E-state index contributed by atoms with van der Waals surface area (Å²) in [5, 5.41) is 10.6. The number of hydrogen-bond acceptors (Lipinski definition) is 2. The van der Waals surface area contributed by atoms with Crippen molar-refractivity contribution >= 4 is 10.9 Å². The van der Waals surface area contributed by atoms with Crippen LogP contribution in [0.4, 0.5) is 0 Å². The predicted molar refractivity (Wildman–Crippen MR) is 77.4 cm³/mol. The van der Waals surface area contributed by atoms with Crippen molar-refractivity contribution in [3.63, 3.8) is 0 Å². The van der Waals surface area contributed by atoms with Gasteiger partial charge >= 0.3 is 0 Å². The first-order valence-electron chi connectivity index (χ1n) is 6.24. The summed E-state index contributed by atoms with van der Waals surface area (Å²) in [4.78, 5) is 3.23. The molecule has 3 heteroatoms. The highest BCUT2D eigenvalue weighted by molar-refractivity contribution is 5.89. The predicted octanol–water partition coefficient (Wildman–Crippen LogP) is 3.84. The van der Waals surface area contributed by atoms with Gasteiger partial charge in [0.1, 0.15) is 5.75 Å². The van der Waals surface area contributed by atoms with Gasteiger partial charge in [-0.3, -0.25) is 0 Å². The molecular weight excluding hydrogens is 236 g/mol.